The third-order valence-corrected chi connectivity index (χ3v) is 4.68. The van der Waals surface area contributed by atoms with Gasteiger partial charge in [0.25, 0.3) is 0 Å². The topological polar surface area (TPSA) is 93.9 Å². The lowest BCUT2D eigenvalue weighted by atomic mass is 10.1. The van der Waals surface area contributed by atoms with Crippen LogP contribution in [-0.4, -0.2) is 21.7 Å². The first-order valence-corrected chi connectivity index (χ1v) is 9.72. The van der Waals surface area contributed by atoms with Gasteiger partial charge in [0, 0.05) is 17.4 Å². The molecule has 3 aromatic carbocycles. The van der Waals surface area contributed by atoms with Crippen LogP contribution >= 0.6 is 0 Å². The van der Waals surface area contributed by atoms with Crippen LogP contribution in [0.5, 0.6) is 11.5 Å². The van der Waals surface area contributed by atoms with E-state index in [-0.39, 0.29) is 17.3 Å². The van der Waals surface area contributed by atoms with Gasteiger partial charge in [-0.1, -0.05) is 17.7 Å². The minimum Gasteiger partial charge on any atom is -0.508 e. The van der Waals surface area contributed by atoms with Crippen molar-refractivity contribution < 1.29 is 15.0 Å². The molecule has 4 N–H and O–H groups in total. The fourth-order valence-electron chi connectivity index (χ4n) is 3.02. The van der Waals surface area contributed by atoms with Crippen LogP contribution in [0.2, 0.25) is 0 Å². The van der Waals surface area contributed by atoms with Gasteiger partial charge in [-0.2, -0.15) is 0 Å². The Hall–Kier alpha value is -4.32. The van der Waals surface area contributed by atoms with E-state index in [2.05, 4.69) is 15.6 Å². The van der Waals surface area contributed by atoms with E-state index >= 15 is 0 Å². The molecule has 6 heteroatoms. The zero-order chi connectivity index (χ0) is 21.8. The predicted molar refractivity (Wildman–Crippen MR) is 124 cm³/mol. The van der Waals surface area contributed by atoms with Gasteiger partial charge in [-0.25, -0.2) is 4.99 Å². The first kappa shape index (κ1) is 20.0. The molecule has 0 unspecified atom stereocenters. The summed E-state index contributed by atoms with van der Waals surface area (Å²) in [6, 6.07) is 17.7. The highest BCUT2D eigenvalue weighted by Crippen LogP contribution is 2.39. The number of phenolic OH excluding ortho intramolecular Hbond substituents is 2. The number of phenols is 2. The summed E-state index contributed by atoms with van der Waals surface area (Å²) in [4.78, 5) is 16.1. The van der Waals surface area contributed by atoms with Crippen molar-refractivity contribution in [3.8, 4) is 11.5 Å². The summed E-state index contributed by atoms with van der Waals surface area (Å²) in [5.41, 5.74) is 4.98. The molecule has 0 aromatic heterocycles. The first-order chi connectivity index (χ1) is 15.0. The van der Waals surface area contributed by atoms with Crippen molar-refractivity contribution >= 4 is 39.9 Å². The van der Waals surface area contributed by atoms with Crippen molar-refractivity contribution in [3.63, 3.8) is 0 Å². The van der Waals surface area contributed by atoms with Gasteiger partial charge in [-0.15, -0.1) is 0 Å². The Kier molecular flexibility index (Phi) is 5.53. The average molecular weight is 411 g/mol. The van der Waals surface area contributed by atoms with Gasteiger partial charge in [-0.3, -0.25) is 4.79 Å². The van der Waals surface area contributed by atoms with Crippen molar-refractivity contribution in [2.75, 3.05) is 10.6 Å². The second kappa shape index (κ2) is 8.59. The number of carbonyl (C=O) groups is 1. The van der Waals surface area contributed by atoms with E-state index in [1.165, 1.54) is 12.2 Å². The molecule has 0 heterocycles. The highest BCUT2D eigenvalue weighted by atomic mass is 16.3. The third-order valence-electron chi connectivity index (χ3n) is 4.68. The van der Waals surface area contributed by atoms with E-state index in [0.29, 0.717) is 28.5 Å². The second-order valence-corrected chi connectivity index (χ2v) is 7.16. The maximum atomic E-state index is 11.4. The van der Waals surface area contributed by atoms with Crippen LogP contribution < -0.4 is 10.6 Å². The summed E-state index contributed by atoms with van der Waals surface area (Å²) in [6.45, 7) is 2.01. The number of ketones is 1. The van der Waals surface area contributed by atoms with Crippen LogP contribution in [-0.2, 0) is 4.79 Å². The number of rotatable bonds is 5. The minimum atomic E-state index is -0.0858. The van der Waals surface area contributed by atoms with Gasteiger partial charge in [0.1, 0.15) is 11.5 Å². The number of allylic oxidation sites excluding steroid dienone is 4. The molecule has 0 amide bonds. The zero-order valence-electron chi connectivity index (χ0n) is 16.8. The van der Waals surface area contributed by atoms with Gasteiger partial charge in [0.2, 0.25) is 0 Å². The van der Waals surface area contributed by atoms with Crippen molar-refractivity contribution in [2.24, 2.45) is 4.99 Å². The molecule has 0 aliphatic heterocycles. The molecule has 154 valence electrons. The number of anilines is 4. The monoisotopic (exact) mass is 411 g/mol. The number of nitrogens with one attached hydrogen (secondary N) is 2. The fourth-order valence-corrected chi connectivity index (χ4v) is 3.02. The summed E-state index contributed by atoms with van der Waals surface area (Å²) in [5.74, 6) is 0.110. The molecule has 0 saturated carbocycles. The van der Waals surface area contributed by atoms with E-state index in [1.807, 2.05) is 31.2 Å². The van der Waals surface area contributed by atoms with Crippen molar-refractivity contribution in [3.05, 3.63) is 90.5 Å². The standard InChI is InChI=1S/C25H21N3O3/c1-16-2-4-17(5-3-16)27-23-15-25(31)24(28-19-8-12-21(30)13-9-19)14-22(23)26-18-6-10-20(29)11-7-18/h2-15,27-28,30-31H,1H3. The SMILES string of the molecule is Cc1ccc(Nc2cc(O)c(Nc3ccc(O)cc3)cc2N=C2C=CC(=O)C=C2)cc1. The number of benzene rings is 3. The molecule has 0 atom stereocenters. The van der Waals surface area contributed by atoms with Crippen LogP contribution in [0.3, 0.4) is 0 Å². The molecule has 6 nitrogen and oxygen atoms in total. The van der Waals surface area contributed by atoms with E-state index in [0.717, 1.165) is 11.3 Å². The second-order valence-electron chi connectivity index (χ2n) is 7.16. The number of aryl methyl sites for hydroxylation is 1. The summed E-state index contributed by atoms with van der Waals surface area (Å²) in [5, 5.41) is 26.5. The highest BCUT2D eigenvalue weighted by molar-refractivity contribution is 6.17. The number of hydrogen-bond acceptors (Lipinski definition) is 6. The number of nitrogens with zero attached hydrogens (tertiary/aromatic N) is 1. The van der Waals surface area contributed by atoms with Crippen LogP contribution in [0.25, 0.3) is 0 Å². The predicted octanol–water partition coefficient (Wildman–Crippen LogP) is 5.66. The maximum absolute atomic E-state index is 11.4. The minimum absolute atomic E-state index is 0.0385. The Labute approximate surface area is 179 Å². The van der Waals surface area contributed by atoms with E-state index in [1.54, 1.807) is 48.6 Å². The number of hydrogen-bond donors (Lipinski definition) is 4. The summed E-state index contributed by atoms with van der Waals surface area (Å²) >= 11 is 0. The quantitative estimate of drug-likeness (QED) is 0.247. The van der Waals surface area contributed by atoms with Gasteiger partial charge in [-0.05, 0) is 73.7 Å². The fraction of sp³-hybridized carbons (Fsp3) is 0.0400. The van der Waals surface area contributed by atoms with Crippen LogP contribution in [0.1, 0.15) is 5.56 Å². The number of carbonyl (C=O) groups excluding carboxylic acids is 1. The maximum Gasteiger partial charge on any atom is 0.178 e. The molecule has 1 aliphatic rings. The van der Waals surface area contributed by atoms with E-state index in [4.69, 9.17) is 0 Å². The molecule has 0 fully saturated rings. The molecular weight excluding hydrogens is 390 g/mol. The van der Waals surface area contributed by atoms with Crippen molar-refractivity contribution in [1.82, 2.24) is 0 Å². The largest absolute Gasteiger partial charge is 0.508 e. The number of aliphatic imine (C=N–C) groups is 1. The molecule has 0 saturated heterocycles. The Balaban J connectivity index is 1.73. The smallest absolute Gasteiger partial charge is 0.178 e. The van der Waals surface area contributed by atoms with Gasteiger partial charge in [0.05, 0.1) is 22.8 Å². The Morgan fingerprint density at radius 1 is 0.742 bits per heavy atom. The molecule has 1 aliphatic carbocycles. The lowest BCUT2D eigenvalue weighted by Gasteiger charge is -2.15. The van der Waals surface area contributed by atoms with Gasteiger partial charge in [0.15, 0.2) is 5.78 Å². The van der Waals surface area contributed by atoms with Gasteiger partial charge >= 0.3 is 0 Å². The molecule has 0 bridgehead atoms. The molecule has 0 radical (unpaired) electrons. The highest BCUT2D eigenvalue weighted by Gasteiger charge is 2.12. The van der Waals surface area contributed by atoms with Crippen LogP contribution in [0, 0.1) is 6.92 Å². The van der Waals surface area contributed by atoms with E-state index in [9.17, 15) is 15.0 Å². The lowest BCUT2D eigenvalue weighted by Crippen LogP contribution is -2.00. The average Bonchev–Trinajstić information content (AvgIpc) is 2.76. The Morgan fingerprint density at radius 2 is 1.32 bits per heavy atom. The first-order valence-electron chi connectivity index (χ1n) is 9.72. The number of aromatic hydroxyl groups is 2. The Morgan fingerprint density at radius 3 is 1.97 bits per heavy atom. The molecule has 0 spiro atoms. The van der Waals surface area contributed by atoms with E-state index < -0.39 is 0 Å². The van der Waals surface area contributed by atoms with Crippen molar-refractivity contribution in [2.45, 2.75) is 6.92 Å². The van der Waals surface area contributed by atoms with Crippen LogP contribution in [0.15, 0.2) is 90.0 Å². The van der Waals surface area contributed by atoms with Gasteiger partial charge < -0.3 is 20.8 Å². The molecule has 31 heavy (non-hydrogen) atoms. The summed E-state index contributed by atoms with van der Waals surface area (Å²) < 4.78 is 0. The lowest BCUT2D eigenvalue weighted by molar-refractivity contribution is -0.110. The summed E-state index contributed by atoms with van der Waals surface area (Å²) in [6.07, 6.45) is 6.22. The molecule has 4 rings (SSSR count). The third kappa shape index (κ3) is 5.00. The normalized spacial score (nSPS) is 12.7. The molecule has 3 aromatic rings. The van der Waals surface area contributed by atoms with Crippen molar-refractivity contribution in [1.29, 1.82) is 0 Å². The summed E-state index contributed by atoms with van der Waals surface area (Å²) in [7, 11) is 0. The molecular formula is C25H21N3O3. The Bertz CT molecular complexity index is 1190. The van der Waals surface area contributed by atoms with Crippen LogP contribution in [0.4, 0.5) is 28.4 Å². The zero-order valence-corrected chi connectivity index (χ0v) is 16.8.